The average molecular weight is 439 g/mol. The lowest BCUT2D eigenvalue weighted by Gasteiger charge is -2.30. The smallest absolute Gasteiger partial charge is 0.173 e. The Kier molecular flexibility index (Phi) is 5.07. The standard InChI is InChI=1S/C22H23FN6OS/c1-14-12-29-13-16(10-18(23)22(29)26-14)27-21-20-15(3-4-25-21)9-17(11-19(20)31(2)30)28-7-5-24-6-8-28/h3-4,9-13,24H,5-8H2,1-2H3,(H,25,27). The monoisotopic (exact) mass is 438 g/mol. The third-order valence-electron chi connectivity index (χ3n) is 5.49. The molecule has 1 saturated heterocycles. The van der Waals surface area contributed by atoms with Gasteiger partial charge in [-0.1, -0.05) is 0 Å². The molecule has 3 aromatic heterocycles. The van der Waals surface area contributed by atoms with Gasteiger partial charge >= 0.3 is 0 Å². The van der Waals surface area contributed by atoms with Crippen LogP contribution in [0.4, 0.5) is 21.6 Å². The molecule has 9 heteroatoms. The molecule has 4 aromatic rings. The number of imidazole rings is 1. The van der Waals surface area contributed by atoms with Gasteiger partial charge in [0.15, 0.2) is 11.5 Å². The van der Waals surface area contributed by atoms with E-state index in [0.29, 0.717) is 16.4 Å². The number of pyridine rings is 2. The topological polar surface area (TPSA) is 74.6 Å². The first-order valence-electron chi connectivity index (χ1n) is 10.1. The average Bonchev–Trinajstić information content (AvgIpc) is 3.14. The molecule has 1 aliphatic rings. The Morgan fingerprint density at radius 2 is 2.00 bits per heavy atom. The molecule has 1 aliphatic heterocycles. The summed E-state index contributed by atoms with van der Waals surface area (Å²) in [6.45, 7) is 5.48. The van der Waals surface area contributed by atoms with Gasteiger partial charge in [0.05, 0.1) is 27.1 Å². The van der Waals surface area contributed by atoms with Crippen molar-refractivity contribution in [1.82, 2.24) is 19.7 Å². The molecule has 1 atom stereocenters. The third-order valence-corrected chi connectivity index (χ3v) is 6.43. The molecule has 0 saturated carbocycles. The van der Waals surface area contributed by atoms with Gasteiger partial charge in [-0.05, 0) is 30.5 Å². The summed E-state index contributed by atoms with van der Waals surface area (Å²) in [5, 5.41) is 8.31. The van der Waals surface area contributed by atoms with E-state index in [1.807, 2.05) is 19.1 Å². The van der Waals surface area contributed by atoms with Crippen LogP contribution < -0.4 is 15.5 Å². The van der Waals surface area contributed by atoms with Crippen molar-refractivity contribution in [2.45, 2.75) is 11.8 Å². The number of hydrogen-bond donors (Lipinski definition) is 2. The maximum absolute atomic E-state index is 14.5. The molecule has 0 spiro atoms. The molecule has 2 N–H and O–H groups in total. The van der Waals surface area contributed by atoms with Crippen LogP contribution in [-0.4, -0.2) is 51.0 Å². The van der Waals surface area contributed by atoms with Gasteiger partial charge in [0.1, 0.15) is 5.82 Å². The molecule has 31 heavy (non-hydrogen) atoms. The van der Waals surface area contributed by atoms with Crippen LogP contribution in [0.15, 0.2) is 47.8 Å². The summed E-state index contributed by atoms with van der Waals surface area (Å²) in [5.74, 6) is 0.128. The zero-order valence-electron chi connectivity index (χ0n) is 17.4. The number of hydrogen-bond acceptors (Lipinski definition) is 6. The van der Waals surface area contributed by atoms with Crippen LogP contribution in [0.5, 0.6) is 0 Å². The lowest BCUT2D eigenvalue weighted by molar-refractivity contribution is 0.589. The number of anilines is 3. The van der Waals surface area contributed by atoms with Crippen molar-refractivity contribution in [3.63, 3.8) is 0 Å². The summed E-state index contributed by atoms with van der Waals surface area (Å²) in [4.78, 5) is 11.7. The first-order valence-corrected chi connectivity index (χ1v) is 11.7. The molecule has 0 aliphatic carbocycles. The van der Waals surface area contributed by atoms with Gasteiger partial charge in [-0.15, -0.1) is 0 Å². The Balaban J connectivity index is 1.61. The highest BCUT2D eigenvalue weighted by Crippen LogP contribution is 2.34. The van der Waals surface area contributed by atoms with E-state index in [1.54, 1.807) is 29.2 Å². The highest BCUT2D eigenvalue weighted by molar-refractivity contribution is 7.84. The zero-order valence-corrected chi connectivity index (χ0v) is 18.2. The molecular formula is C22H23FN6OS. The van der Waals surface area contributed by atoms with Gasteiger partial charge in [0, 0.05) is 68.2 Å². The summed E-state index contributed by atoms with van der Waals surface area (Å²) >= 11 is 0. The van der Waals surface area contributed by atoms with Gasteiger partial charge in [-0.3, -0.25) is 4.21 Å². The van der Waals surface area contributed by atoms with E-state index in [4.69, 9.17) is 0 Å². The van der Waals surface area contributed by atoms with Crippen molar-refractivity contribution in [2.75, 3.05) is 42.7 Å². The molecule has 0 amide bonds. The third kappa shape index (κ3) is 3.75. The highest BCUT2D eigenvalue weighted by atomic mass is 32.2. The van der Waals surface area contributed by atoms with Crippen molar-refractivity contribution < 1.29 is 8.60 Å². The normalized spacial score (nSPS) is 15.5. The molecular weight excluding hydrogens is 415 g/mol. The van der Waals surface area contributed by atoms with Gasteiger partial charge in [0.2, 0.25) is 0 Å². The molecule has 7 nitrogen and oxygen atoms in total. The molecule has 1 unspecified atom stereocenters. The minimum absolute atomic E-state index is 0.282. The quantitative estimate of drug-likeness (QED) is 0.510. The van der Waals surface area contributed by atoms with Gasteiger partial charge in [-0.25, -0.2) is 14.4 Å². The predicted octanol–water partition coefficient (Wildman–Crippen LogP) is 3.22. The number of benzene rings is 1. The molecule has 0 radical (unpaired) electrons. The number of fused-ring (bicyclic) bond motifs is 2. The molecule has 160 valence electrons. The lowest BCUT2D eigenvalue weighted by atomic mass is 10.1. The number of nitrogens with zero attached hydrogens (tertiary/aromatic N) is 4. The van der Waals surface area contributed by atoms with Crippen LogP contribution in [0.3, 0.4) is 0 Å². The van der Waals surface area contributed by atoms with Gasteiger partial charge in [0.25, 0.3) is 0 Å². The van der Waals surface area contributed by atoms with Crippen molar-refractivity contribution in [1.29, 1.82) is 0 Å². The summed E-state index contributed by atoms with van der Waals surface area (Å²) in [6, 6.07) is 7.41. The van der Waals surface area contributed by atoms with E-state index in [2.05, 4.69) is 31.6 Å². The molecule has 0 bridgehead atoms. The van der Waals surface area contributed by atoms with E-state index < -0.39 is 16.6 Å². The van der Waals surface area contributed by atoms with Crippen molar-refractivity contribution in [3.05, 3.63) is 54.4 Å². The number of rotatable bonds is 4. The second kappa shape index (κ2) is 7.90. The van der Waals surface area contributed by atoms with Crippen molar-refractivity contribution >= 4 is 44.4 Å². The van der Waals surface area contributed by atoms with E-state index >= 15 is 0 Å². The first-order chi connectivity index (χ1) is 15.0. The number of nitrogens with one attached hydrogen (secondary N) is 2. The largest absolute Gasteiger partial charge is 0.369 e. The first kappa shape index (κ1) is 19.9. The van der Waals surface area contributed by atoms with Crippen molar-refractivity contribution in [2.24, 2.45) is 0 Å². The minimum atomic E-state index is -1.22. The number of halogens is 1. The number of aromatic nitrogens is 3. The summed E-state index contributed by atoms with van der Waals surface area (Å²) in [5.41, 5.74) is 2.62. The number of aryl methyl sites for hydroxylation is 1. The molecule has 4 heterocycles. The van der Waals surface area contributed by atoms with Crippen LogP contribution in [0.25, 0.3) is 16.4 Å². The molecule has 1 aromatic carbocycles. The Morgan fingerprint density at radius 3 is 2.77 bits per heavy atom. The summed E-state index contributed by atoms with van der Waals surface area (Å²) in [6.07, 6.45) is 6.93. The Hall–Kier alpha value is -3.04. The van der Waals surface area contributed by atoms with Crippen LogP contribution in [-0.2, 0) is 10.8 Å². The predicted molar refractivity (Wildman–Crippen MR) is 122 cm³/mol. The fourth-order valence-electron chi connectivity index (χ4n) is 4.07. The molecule has 1 fully saturated rings. The van der Waals surface area contributed by atoms with Crippen molar-refractivity contribution in [3.8, 4) is 0 Å². The van der Waals surface area contributed by atoms with Crippen LogP contribution in [0, 0.1) is 12.7 Å². The van der Waals surface area contributed by atoms with Crippen LogP contribution in [0.1, 0.15) is 5.69 Å². The Labute approximate surface area is 181 Å². The van der Waals surface area contributed by atoms with Crippen LogP contribution in [0.2, 0.25) is 0 Å². The summed E-state index contributed by atoms with van der Waals surface area (Å²) < 4.78 is 28.9. The zero-order chi connectivity index (χ0) is 21.5. The van der Waals surface area contributed by atoms with E-state index in [0.717, 1.165) is 48.3 Å². The lowest BCUT2D eigenvalue weighted by Crippen LogP contribution is -2.43. The second-order valence-corrected chi connectivity index (χ2v) is 9.06. The maximum atomic E-state index is 14.5. The second-order valence-electron chi connectivity index (χ2n) is 7.71. The minimum Gasteiger partial charge on any atom is -0.369 e. The maximum Gasteiger partial charge on any atom is 0.173 e. The van der Waals surface area contributed by atoms with Crippen LogP contribution >= 0.6 is 0 Å². The van der Waals surface area contributed by atoms with E-state index in [1.165, 1.54) is 6.07 Å². The molecule has 5 rings (SSSR count). The van der Waals surface area contributed by atoms with E-state index in [9.17, 15) is 8.60 Å². The fourth-order valence-corrected chi connectivity index (χ4v) is 4.86. The van der Waals surface area contributed by atoms with E-state index in [-0.39, 0.29) is 5.65 Å². The van der Waals surface area contributed by atoms with Gasteiger partial charge < -0.3 is 19.9 Å². The number of piperazine rings is 1. The Morgan fingerprint density at radius 1 is 1.19 bits per heavy atom. The fraction of sp³-hybridized carbons (Fsp3) is 0.273. The Bertz CT molecular complexity index is 1310. The SMILES string of the molecule is Cc1cn2cc(Nc3nccc4cc(N5CCNCC5)cc(S(C)=O)c34)cc(F)c2n1. The van der Waals surface area contributed by atoms with Gasteiger partial charge in [-0.2, -0.15) is 0 Å². The highest BCUT2D eigenvalue weighted by Gasteiger charge is 2.18. The summed E-state index contributed by atoms with van der Waals surface area (Å²) in [7, 11) is -1.22.